The molecule has 2 aromatic heterocycles. The molecule has 0 bridgehead atoms. The Labute approximate surface area is 185 Å². The maximum Gasteiger partial charge on any atom is 0.416 e. The molecule has 0 saturated carbocycles. The Bertz CT molecular complexity index is 1090. The summed E-state index contributed by atoms with van der Waals surface area (Å²) in [6.07, 6.45) is 2.68. The van der Waals surface area contributed by atoms with Crippen molar-refractivity contribution in [3.8, 4) is 0 Å². The van der Waals surface area contributed by atoms with Crippen molar-refractivity contribution < 1.29 is 17.9 Å². The van der Waals surface area contributed by atoms with E-state index in [1.54, 1.807) is 6.07 Å². The average Bonchev–Trinajstić information content (AvgIpc) is 3.14. The van der Waals surface area contributed by atoms with Gasteiger partial charge in [-0.25, -0.2) is 9.97 Å². The number of aromatic nitrogens is 3. The molecule has 3 aromatic rings. The van der Waals surface area contributed by atoms with Crippen molar-refractivity contribution in [3.05, 3.63) is 52.5 Å². The number of nitrogens with zero attached hydrogens (tertiary/aromatic N) is 3. The topological polar surface area (TPSA) is 66.0 Å². The molecule has 0 fully saturated rings. The Morgan fingerprint density at radius 3 is 2.75 bits per heavy atom. The minimum atomic E-state index is -4.35. The predicted octanol–water partition coefficient (Wildman–Crippen LogP) is 5.47. The first-order valence-corrected chi connectivity index (χ1v) is 11.3. The van der Waals surface area contributed by atoms with Crippen molar-refractivity contribution in [3.63, 3.8) is 0 Å². The second kappa shape index (κ2) is 9.48. The van der Waals surface area contributed by atoms with Gasteiger partial charge in [0.2, 0.25) is 0 Å². The van der Waals surface area contributed by atoms with Crippen LogP contribution in [0.5, 0.6) is 0 Å². The van der Waals surface area contributed by atoms with Crippen LogP contribution in [-0.4, -0.2) is 21.1 Å². The van der Waals surface area contributed by atoms with Crippen molar-refractivity contribution in [2.24, 2.45) is 0 Å². The molecule has 2 N–H and O–H groups in total. The number of imidazole rings is 1. The summed E-state index contributed by atoms with van der Waals surface area (Å²) in [5, 5.41) is 0. The van der Waals surface area contributed by atoms with E-state index in [-0.39, 0.29) is 6.61 Å². The molecular weight excluding hydrogens is 417 g/mol. The van der Waals surface area contributed by atoms with Crippen LogP contribution in [-0.2, 0) is 43.3 Å². The molecule has 0 radical (unpaired) electrons. The smallest absolute Gasteiger partial charge is 0.382 e. The number of nitrogen functional groups attached to an aromatic ring is 1. The van der Waals surface area contributed by atoms with Crippen molar-refractivity contribution in [1.29, 1.82) is 0 Å². The fraction of sp³-hybridized carbons (Fsp3) is 0.500. The molecule has 0 saturated heterocycles. The highest BCUT2D eigenvalue weighted by Gasteiger charge is 2.30. The second-order valence-corrected chi connectivity index (χ2v) is 8.36. The molecule has 0 unspecified atom stereocenters. The van der Waals surface area contributed by atoms with Gasteiger partial charge in [-0.2, -0.15) is 13.2 Å². The fourth-order valence-electron chi connectivity index (χ4n) is 4.40. The van der Waals surface area contributed by atoms with Gasteiger partial charge in [0.15, 0.2) is 5.82 Å². The zero-order valence-electron chi connectivity index (χ0n) is 18.3. The summed E-state index contributed by atoms with van der Waals surface area (Å²) >= 11 is 0. The van der Waals surface area contributed by atoms with Crippen LogP contribution in [0.25, 0.3) is 11.0 Å². The van der Waals surface area contributed by atoms with E-state index >= 15 is 0 Å². The molecule has 0 aliphatic heterocycles. The normalized spacial score (nSPS) is 14.1. The molecule has 5 nitrogen and oxygen atoms in total. The van der Waals surface area contributed by atoms with Crippen LogP contribution >= 0.6 is 0 Å². The lowest BCUT2D eigenvalue weighted by Crippen LogP contribution is -2.14. The van der Waals surface area contributed by atoms with Crippen molar-refractivity contribution >= 4 is 16.9 Å². The second-order valence-electron chi connectivity index (χ2n) is 8.36. The van der Waals surface area contributed by atoms with Crippen LogP contribution in [0, 0.1) is 0 Å². The lowest BCUT2D eigenvalue weighted by molar-refractivity contribution is -0.137. The number of unbranched alkanes of at least 4 members (excludes halogenated alkanes) is 1. The number of hydrogen-bond acceptors (Lipinski definition) is 4. The monoisotopic (exact) mass is 446 g/mol. The SMILES string of the molecule is CCCCc1nc2c(N)nc3c(c2n1CCOCc1cccc(C(F)(F)F)c1)CCCC3. The molecule has 0 amide bonds. The van der Waals surface area contributed by atoms with Crippen LogP contribution in [0.3, 0.4) is 0 Å². The van der Waals surface area contributed by atoms with E-state index in [0.717, 1.165) is 79.6 Å². The third kappa shape index (κ3) is 4.75. The van der Waals surface area contributed by atoms with E-state index in [1.807, 2.05) is 0 Å². The molecule has 0 spiro atoms. The summed E-state index contributed by atoms with van der Waals surface area (Å²) in [4.78, 5) is 9.45. The highest BCUT2D eigenvalue weighted by molar-refractivity contribution is 5.89. The lowest BCUT2D eigenvalue weighted by Gasteiger charge is -2.18. The third-order valence-corrected chi connectivity index (χ3v) is 6.01. The van der Waals surface area contributed by atoms with Gasteiger partial charge in [0, 0.05) is 18.7 Å². The van der Waals surface area contributed by atoms with Gasteiger partial charge < -0.3 is 15.0 Å². The molecule has 32 heavy (non-hydrogen) atoms. The lowest BCUT2D eigenvalue weighted by atomic mass is 9.95. The van der Waals surface area contributed by atoms with Crippen molar-refractivity contribution in [2.45, 2.75) is 71.2 Å². The third-order valence-electron chi connectivity index (χ3n) is 6.01. The van der Waals surface area contributed by atoms with E-state index in [1.165, 1.54) is 11.6 Å². The molecule has 4 rings (SSSR count). The molecule has 0 atom stereocenters. The number of rotatable bonds is 8. The van der Waals surface area contributed by atoms with Gasteiger partial charge in [-0.15, -0.1) is 0 Å². The summed E-state index contributed by atoms with van der Waals surface area (Å²) in [5.74, 6) is 1.44. The number of fused-ring (bicyclic) bond motifs is 3. The van der Waals surface area contributed by atoms with E-state index in [4.69, 9.17) is 15.5 Å². The number of pyridine rings is 1. The van der Waals surface area contributed by atoms with Crippen molar-refractivity contribution in [2.75, 3.05) is 12.3 Å². The number of ether oxygens (including phenoxy) is 1. The Balaban J connectivity index is 1.55. The quantitative estimate of drug-likeness (QED) is 0.466. The van der Waals surface area contributed by atoms with Crippen LogP contribution in [0.1, 0.15) is 60.8 Å². The van der Waals surface area contributed by atoms with Gasteiger partial charge in [0.1, 0.15) is 11.3 Å². The van der Waals surface area contributed by atoms with Crippen LogP contribution < -0.4 is 5.73 Å². The maximum absolute atomic E-state index is 12.9. The van der Waals surface area contributed by atoms with E-state index in [9.17, 15) is 13.2 Å². The number of benzene rings is 1. The summed E-state index contributed by atoms with van der Waals surface area (Å²) in [7, 11) is 0. The Morgan fingerprint density at radius 2 is 1.97 bits per heavy atom. The number of nitrogens with two attached hydrogens (primary N) is 1. The van der Waals surface area contributed by atoms with Crippen LogP contribution in [0.2, 0.25) is 0 Å². The zero-order chi connectivity index (χ0) is 22.7. The largest absolute Gasteiger partial charge is 0.416 e. The van der Waals surface area contributed by atoms with Crippen molar-refractivity contribution in [1.82, 2.24) is 14.5 Å². The van der Waals surface area contributed by atoms with Gasteiger partial charge in [0.05, 0.1) is 24.3 Å². The molecule has 1 aromatic carbocycles. The number of anilines is 1. The van der Waals surface area contributed by atoms with Crippen LogP contribution in [0.15, 0.2) is 24.3 Å². The molecule has 2 heterocycles. The number of alkyl halides is 3. The molecule has 172 valence electrons. The van der Waals surface area contributed by atoms with Gasteiger partial charge >= 0.3 is 6.18 Å². The fourth-order valence-corrected chi connectivity index (χ4v) is 4.40. The van der Waals surface area contributed by atoms with E-state index < -0.39 is 11.7 Å². The minimum Gasteiger partial charge on any atom is -0.382 e. The van der Waals surface area contributed by atoms with Gasteiger partial charge in [-0.1, -0.05) is 25.5 Å². The highest BCUT2D eigenvalue weighted by atomic mass is 19.4. The summed E-state index contributed by atoms with van der Waals surface area (Å²) < 4.78 is 46.8. The molecule has 1 aliphatic rings. The summed E-state index contributed by atoms with van der Waals surface area (Å²) in [6, 6.07) is 5.28. The zero-order valence-corrected chi connectivity index (χ0v) is 18.3. The molecule has 1 aliphatic carbocycles. The molecular formula is C24H29F3N4O. The molecule has 8 heteroatoms. The van der Waals surface area contributed by atoms with Gasteiger partial charge in [0.25, 0.3) is 0 Å². The first kappa shape index (κ1) is 22.6. The predicted molar refractivity (Wildman–Crippen MR) is 118 cm³/mol. The van der Waals surface area contributed by atoms with E-state index in [2.05, 4.69) is 16.5 Å². The minimum absolute atomic E-state index is 0.128. The standard InChI is InChI=1S/C24H29F3N4O/c1-2-3-11-20-30-21-22(18-9-4-5-10-19(18)29-23(21)28)31(20)12-13-32-15-16-7-6-8-17(14-16)24(25,26)27/h6-8,14H,2-5,9-13,15H2,1H3,(H2,28,29). The first-order chi connectivity index (χ1) is 15.4. The Hall–Kier alpha value is -2.61. The summed E-state index contributed by atoms with van der Waals surface area (Å²) in [5.41, 5.74) is 10.2. The first-order valence-electron chi connectivity index (χ1n) is 11.3. The highest BCUT2D eigenvalue weighted by Crippen LogP contribution is 2.32. The Morgan fingerprint density at radius 1 is 1.16 bits per heavy atom. The Kier molecular flexibility index (Phi) is 6.69. The number of hydrogen-bond donors (Lipinski definition) is 1. The number of aryl methyl sites for hydroxylation is 3. The summed E-state index contributed by atoms with van der Waals surface area (Å²) in [6.45, 7) is 3.22. The van der Waals surface area contributed by atoms with Gasteiger partial charge in [-0.3, -0.25) is 0 Å². The average molecular weight is 447 g/mol. The number of halogens is 3. The van der Waals surface area contributed by atoms with Gasteiger partial charge in [-0.05, 0) is 55.4 Å². The van der Waals surface area contributed by atoms with E-state index in [0.29, 0.717) is 24.5 Å². The maximum atomic E-state index is 12.9. The van der Waals surface area contributed by atoms with Crippen LogP contribution in [0.4, 0.5) is 19.0 Å².